The van der Waals surface area contributed by atoms with E-state index >= 15 is 0 Å². The smallest absolute Gasteiger partial charge is 0.182 e. The molecule has 0 aliphatic rings. The summed E-state index contributed by atoms with van der Waals surface area (Å²) >= 11 is 0. The van der Waals surface area contributed by atoms with Crippen molar-refractivity contribution in [2.24, 2.45) is 0 Å². The average Bonchev–Trinajstić information content (AvgIpc) is 3.19. The van der Waals surface area contributed by atoms with Crippen LogP contribution in [-0.2, 0) is 6.54 Å². The number of fused-ring (bicyclic) bond motifs is 2. The van der Waals surface area contributed by atoms with Crippen LogP contribution in [0.3, 0.4) is 0 Å². The number of nitrogens with one attached hydrogen (secondary N) is 2. The second-order valence-corrected chi connectivity index (χ2v) is 5.39. The summed E-state index contributed by atoms with van der Waals surface area (Å²) in [6.45, 7) is 5.07. The second-order valence-electron chi connectivity index (χ2n) is 5.39. The molecule has 4 aromatic rings. The number of rotatable bonds is 4. The van der Waals surface area contributed by atoms with Gasteiger partial charge in [-0.3, -0.25) is 0 Å². The van der Waals surface area contributed by atoms with Gasteiger partial charge in [-0.15, -0.1) is 0 Å². The van der Waals surface area contributed by atoms with Gasteiger partial charge in [-0.05, 0) is 26.0 Å². The number of aryl methyl sites for hydroxylation is 1. The first-order valence-corrected chi connectivity index (χ1v) is 7.63. The van der Waals surface area contributed by atoms with Crippen LogP contribution in [0.4, 0.5) is 5.82 Å². The molecule has 2 N–H and O–H groups in total. The highest BCUT2D eigenvalue weighted by molar-refractivity contribution is 5.82. The molecule has 0 bridgehead atoms. The lowest BCUT2D eigenvalue weighted by Gasteiger charge is -2.16. The lowest BCUT2D eigenvalue weighted by molar-refractivity contribution is 0.673. The van der Waals surface area contributed by atoms with E-state index in [4.69, 9.17) is 4.98 Å². The molecular formula is C16H17N7. The lowest BCUT2D eigenvalue weighted by Crippen LogP contribution is -2.14. The third-order valence-electron chi connectivity index (χ3n) is 3.96. The fourth-order valence-electron chi connectivity index (χ4n) is 2.90. The summed E-state index contributed by atoms with van der Waals surface area (Å²) in [4.78, 5) is 20.5. The maximum absolute atomic E-state index is 4.78. The van der Waals surface area contributed by atoms with Crippen LogP contribution in [0.5, 0.6) is 0 Å². The zero-order chi connectivity index (χ0) is 15.8. The van der Waals surface area contributed by atoms with Gasteiger partial charge in [-0.2, -0.15) is 0 Å². The monoisotopic (exact) mass is 307 g/mol. The molecule has 3 heterocycles. The van der Waals surface area contributed by atoms with Gasteiger partial charge in [-0.1, -0.05) is 12.1 Å². The SMILES string of the molecule is CCn1c(C(C)Nc2ncnc3nc[nH]c23)nc2ccccc21. The Balaban J connectivity index is 1.74. The van der Waals surface area contributed by atoms with Gasteiger partial charge in [-0.25, -0.2) is 19.9 Å². The van der Waals surface area contributed by atoms with Crippen molar-refractivity contribution in [3.05, 3.63) is 42.7 Å². The van der Waals surface area contributed by atoms with E-state index in [-0.39, 0.29) is 6.04 Å². The fourth-order valence-corrected chi connectivity index (χ4v) is 2.90. The highest BCUT2D eigenvalue weighted by Crippen LogP contribution is 2.24. The third-order valence-corrected chi connectivity index (χ3v) is 3.96. The number of nitrogens with zero attached hydrogens (tertiary/aromatic N) is 5. The Morgan fingerprint density at radius 1 is 1.22 bits per heavy atom. The second kappa shape index (κ2) is 5.35. The Bertz CT molecular complexity index is 969. The molecule has 0 saturated heterocycles. The van der Waals surface area contributed by atoms with Crippen LogP contribution in [0.2, 0.25) is 0 Å². The largest absolute Gasteiger partial charge is 0.358 e. The van der Waals surface area contributed by atoms with E-state index < -0.39 is 0 Å². The first-order chi connectivity index (χ1) is 11.3. The van der Waals surface area contributed by atoms with Crippen molar-refractivity contribution in [1.82, 2.24) is 29.5 Å². The summed E-state index contributed by atoms with van der Waals surface area (Å²) in [5.74, 6) is 1.72. The van der Waals surface area contributed by atoms with E-state index in [0.717, 1.165) is 34.7 Å². The van der Waals surface area contributed by atoms with E-state index in [2.05, 4.69) is 49.7 Å². The third kappa shape index (κ3) is 2.21. The molecule has 1 unspecified atom stereocenters. The van der Waals surface area contributed by atoms with E-state index in [1.165, 1.54) is 6.33 Å². The Kier molecular flexibility index (Phi) is 3.18. The molecule has 0 fully saturated rings. The number of imidazole rings is 2. The van der Waals surface area contributed by atoms with Gasteiger partial charge in [0.15, 0.2) is 11.5 Å². The molecule has 1 atom stereocenters. The topological polar surface area (TPSA) is 84.3 Å². The molecule has 0 aliphatic heterocycles. The average molecular weight is 307 g/mol. The van der Waals surface area contributed by atoms with Crippen molar-refractivity contribution in [1.29, 1.82) is 0 Å². The van der Waals surface area contributed by atoms with Crippen molar-refractivity contribution in [3.8, 4) is 0 Å². The molecule has 7 heteroatoms. The highest BCUT2D eigenvalue weighted by Gasteiger charge is 2.17. The number of hydrogen-bond donors (Lipinski definition) is 2. The molecular weight excluding hydrogens is 290 g/mol. The summed E-state index contributed by atoms with van der Waals surface area (Å²) in [6.07, 6.45) is 3.14. The summed E-state index contributed by atoms with van der Waals surface area (Å²) in [7, 11) is 0. The Morgan fingerprint density at radius 3 is 2.96 bits per heavy atom. The van der Waals surface area contributed by atoms with Gasteiger partial charge in [0.25, 0.3) is 0 Å². The highest BCUT2D eigenvalue weighted by atomic mass is 15.2. The Hall–Kier alpha value is -2.96. The van der Waals surface area contributed by atoms with Crippen LogP contribution in [0, 0.1) is 0 Å². The van der Waals surface area contributed by atoms with Crippen LogP contribution in [-0.4, -0.2) is 29.5 Å². The first-order valence-electron chi connectivity index (χ1n) is 7.63. The van der Waals surface area contributed by atoms with Gasteiger partial charge >= 0.3 is 0 Å². The van der Waals surface area contributed by atoms with E-state index in [1.54, 1.807) is 6.33 Å². The molecule has 0 amide bonds. The molecule has 0 saturated carbocycles. The summed E-state index contributed by atoms with van der Waals surface area (Å²) in [5.41, 5.74) is 3.61. The number of hydrogen-bond acceptors (Lipinski definition) is 5. The number of aromatic nitrogens is 6. The molecule has 7 nitrogen and oxygen atoms in total. The number of H-pyrrole nitrogens is 1. The minimum Gasteiger partial charge on any atom is -0.358 e. The van der Waals surface area contributed by atoms with E-state index in [0.29, 0.717) is 5.65 Å². The van der Waals surface area contributed by atoms with Crippen LogP contribution in [0.25, 0.3) is 22.2 Å². The molecule has 0 spiro atoms. The van der Waals surface area contributed by atoms with Crippen LogP contribution >= 0.6 is 0 Å². The van der Waals surface area contributed by atoms with Crippen molar-refractivity contribution < 1.29 is 0 Å². The lowest BCUT2D eigenvalue weighted by atomic mass is 10.3. The van der Waals surface area contributed by atoms with E-state index in [1.807, 2.05) is 18.2 Å². The van der Waals surface area contributed by atoms with Crippen LogP contribution in [0.15, 0.2) is 36.9 Å². The van der Waals surface area contributed by atoms with Crippen molar-refractivity contribution >= 4 is 28.0 Å². The van der Waals surface area contributed by atoms with Crippen molar-refractivity contribution in [2.75, 3.05) is 5.32 Å². The molecule has 23 heavy (non-hydrogen) atoms. The van der Waals surface area contributed by atoms with Gasteiger partial charge in [0.1, 0.15) is 17.7 Å². The van der Waals surface area contributed by atoms with Crippen LogP contribution in [0.1, 0.15) is 25.7 Å². The number of benzene rings is 1. The zero-order valence-electron chi connectivity index (χ0n) is 13.0. The first kappa shape index (κ1) is 13.7. The standard InChI is InChI=1S/C16H17N7/c1-3-23-12-7-5-4-6-11(12)22-16(23)10(2)21-15-13-14(18-8-17-13)19-9-20-15/h4-10H,3H2,1-2H3,(H2,17,18,19,20,21). The van der Waals surface area contributed by atoms with Crippen molar-refractivity contribution in [2.45, 2.75) is 26.4 Å². The van der Waals surface area contributed by atoms with Gasteiger partial charge in [0.05, 0.1) is 23.4 Å². The minimum atomic E-state index is 0.00347. The maximum atomic E-state index is 4.78. The summed E-state index contributed by atoms with van der Waals surface area (Å²) < 4.78 is 2.22. The molecule has 3 aromatic heterocycles. The minimum absolute atomic E-state index is 0.00347. The molecule has 116 valence electrons. The zero-order valence-corrected chi connectivity index (χ0v) is 13.0. The molecule has 0 aliphatic carbocycles. The number of anilines is 1. The van der Waals surface area contributed by atoms with Gasteiger partial charge in [0, 0.05) is 6.54 Å². The molecule has 1 aromatic carbocycles. The summed E-state index contributed by atoms with van der Waals surface area (Å²) in [5, 5.41) is 3.42. The summed E-state index contributed by atoms with van der Waals surface area (Å²) in [6, 6.07) is 8.19. The normalized spacial score (nSPS) is 12.8. The van der Waals surface area contributed by atoms with E-state index in [9.17, 15) is 0 Å². The van der Waals surface area contributed by atoms with Crippen LogP contribution < -0.4 is 5.32 Å². The predicted octanol–water partition coefficient (Wildman–Crippen LogP) is 2.90. The Labute approximate surface area is 132 Å². The quantitative estimate of drug-likeness (QED) is 0.605. The predicted molar refractivity (Wildman–Crippen MR) is 89.1 cm³/mol. The van der Waals surface area contributed by atoms with Crippen molar-refractivity contribution in [3.63, 3.8) is 0 Å². The van der Waals surface area contributed by atoms with Gasteiger partial charge < -0.3 is 14.9 Å². The molecule has 4 rings (SSSR count). The molecule has 0 radical (unpaired) electrons. The fraction of sp³-hybridized carbons (Fsp3) is 0.250. The number of aromatic amines is 1. The Morgan fingerprint density at radius 2 is 2.09 bits per heavy atom. The van der Waals surface area contributed by atoms with Gasteiger partial charge in [0.2, 0.25) is 0 Å². The number of para-hydroxylation sites is 2. The maximum Gasteiger partial charge on any atom is 0.182 e.